The van der Waals surface area contributed by atoms with Crippen molar-refractivity contribution in [2.24, 2.45) is 0 Å². The van der Waals surface area contributed by atoms with Gasteiger partial charge in [0.1, 0.15) is 6.10 Å². The highest BCUT2D eigenvalue weighted by Gasteiger charge is 2.30. The van der Waals surface area contributed by atoms with Crippen LogP contribution < -0.4 is 14.7 Å². The van der Waals surface area contributed by atoms with Crippen LogP contribution in [0.2, 0.25) is 0 Å². The lowest BCUT2D eigenvalue weighted by Crippen LogP contribution is -2.21. The second-order valence-corrected chi connectivity index (χ2v) is 9.35. The summed E-state index contributed by atoms with van der Waals surface area (Å²) in [6.45, 7) is 9.36. The molecule has 1 aliphatic rings. The zero-order valence-electron chi connectivity index (χ0n) is 22.3. The lowest BCUT2D eigenvalue weighted by Gasteiger charge is -2.22. The highest BCUT2D eigenvalue weighted by Crippen LogP contribution is 2.38. The number of anilines is 3. The maximum absolute atomic E-state index is 12.8. The van der Waals surface area contributed by atoms with Crippen molar-refractivity contribution in [1.29, 1.82) is 0 Å². The number of nitrogens with zero attached hydrogens (tertiary/aromatic N) is 3. The number of carbonyl (C=O) groups is 1. The summed E-state index contributed by atoms with van der Waals surface area (Å²) in [5, 5.41) is 0. The molecule has 0 fully saturated rings. The predicted octanol–water partition coefficient (Wildman–Crippen LogP) is 6.40. The van der Waals surface area contributed by atoms with E-state index in [4.69, 9.17) is 4.74 Å². The van der Waals surface area contributed by atoms with Gasteiger partial charge in [-0.25, -0.2) is 4.79 Å². The average molecular weight is 484 g/mol. The predicted molar refractivity (Wildman–Crippen MR) is 151 cm³/mol. The maximum Gasteiger partial charge on any atom is 0.339 e. The van der Waals surface area contributed by atoms with Crippen LogP contribution in [0.25, 0.3) is 5.57 Å². The van der Waals surface area contributed by atoms with E-state index < -0.39 is 6.10 Å². The molecular weight excluding hydrogens is 446 g/mol. The molecule has 36 heavy (non-hydrogen) atoms. The number of cyclic esters (lactones) is 1. The lowest BCUT2D eigenvalue weighted by atomic mass is 9.93. The van der Waals surface area contributed by atoms with Crippen LogP contribution in [0.1, 0.15) is 53.9 Å². The smallest absolute Gasteiger partial charge is 0.339 e. The van der Waals surface area contributed by atoms with Gasteiger partial charge in [0, 0.05) is 63.4 Å². The first-order valence-electron chi connectivity index (χ1n) is 12.8. The number of benzene rings is 3. The molecule has 0 aliphatic carbocycles. The summed E-state index contributed by atoms with van der Waals surface area (Å²) in [5.74, 6) is -0.272. The number of rotatable bonds is 9. The van der Waals surface area contributed by atoms with Crippen molar-refractivity contribution in [2.75, 3.05) is 55.5 Å². The van der Waals surface area contributed by atoms with Gasteiger partial charge < -0.3 is 19.4 Å². The zero-order chi connectivity index (χ0) is 25.8. The van der Waals surface area contributed by atoms with Gasteiger partial charge in [0.2, 0.25) is 0 Å². The zero-order valence-corrected chi connectivity index (χ0v) is 22.3. The van der Waals surface area contributed by atoms with Crippen molar-refractivity contribution in [2.45, 2.75) is 26.9 Å². The quantitative estimate of drug-likeness (QED) is 0.329. The van der Waals surface area contributed by atoms with E-state index in [1.54, 1.807) is 0 Å². The minimum atomic E-state index is -0.431. The van der Waals surface area contributed by atoms with Gasteiger partial charge in [-0.05, 0) is 79.9 Å². The van der Waals surface area contributed by atoms with Crippen molar-refractivity contribution in [1.82, 2.24) is 0 Å². The molecular formula is C31H37N3O2. The summed E-state index contributed by atoms with van der Waals surface area (Å²) in [6, 6.07) is 23.2. The fourth-order valence-electron chi connectivity index (χ4n) is 4.64. The number of esters is 1. The summed E-state index contributed by atoms with van der Waals surface area (Å²) in [4.78, 5) is 19.3. The average Bonchev–Trinajstić information content (AvgIpc) is 3.22. The minimum Gasteiger partial charge on any atom is -0.450 e. The molecule has 0 aromatic heterocycles. The van der Waals surface area contributed by atoms with Gasteiger partial charge in [0.25, 0.3) is 0 Å². The van der Waals surface area contributed by atoms with Gasteiger partial charge >= 0.3 is 5.97 Å². The highest BCUT2D eigenvalue weighted by molar-refractivity contribution is 5.96. The molecule has 5 heteroatoms. The standard InChI is InChI=1S/C31H37N3O2/c1-7-33(6)24-14-10-22(11-15-24)28(23-12-16-25(17-13-23)34(8-2)9-3)21-30-27-19-18-26(32(4)5)20-29(27)31(35)36-30/h10-21,30H,7-9H2,1-6H3. The normalized spacial score (nSPS) is 14.9. The second-order valence-electron chi connectivity index (χ2n) is 9.35. The third-order valence-corrected chi connectivity index (χ3v) is 7.03. The molecule has 3 aromatic rings. The van der Waals surface area contributed by atoms with Crippen LogP contribution in [-0.4, -0.2) is 46.7 Å². The van der Waals surface area contributed by atoms with Gasteiger partial charge in [-0.1, -0.05) is 30.3 Å². The van der Waals surface area contributed by atoms with Crippen LogP contribution in [0.4, 0.5) is 17.1 Å². The number of hydrogen-bond acceptors (Lipinski definition) is 5. The molecule has 0 N–H and O–H groups in total. The Bertz CT molecular complexity index is 1230. The Morgan fingerprint density at radius 3 is 1.86 bits per heavy atom. The number of hydrogen-bond donors (Lipinski definition) is 0. The molecule has 1 aliphatic heterocycles. The van der Waals surface area contributed by atoms with Crippen LogP contribution in [-0.2, 0) is 4.74 Å². The molecule has 3 aromatic carbocycles. The third-order valence-electron chi connectivity index (χ3n) is 7.03. The molecule has 0 amide bonds. The number of carbonyl (C=O) groups excluding carboxylic acids is 1. The van der Waals surface area contributed by atoms with E-state index in [9.17, 15) is 4.79 Å². The van der Waals surface area contributed by atoms with E-state index in [1.807, 2.05) is 37.2 Å². The highest BCUT2D eigenvalue weighted by atomic mass is 16.5. The van der Waals surface area contributed by atoms with Crippen molar-refractivity contribution in [3.05, 3.63) is 95.1 Å². The first kappa shape index (κ1) is 25.4. The summed E-state index contributed by atoms with van der Waals surface area (Å²) in [5.41, 5.74) is 8.14. The molecule has 1 unspecified atom stereocenters. The van der Waals surface area contributed by atoms with E-state index in [1.165, 1.54) is 11.4 Å². The topological polar surface area (TPSA) is 36.0 Å². The molecule has 0 bridgehead atoms. The fourth-order valence-corrected chi connectivity index (χ4v) is 4.64. The van der Waals surface area contributed by atoms with Crippen LogP contribution in [0.3, 0.4) is 0 Å². The largest absolute Gasteiger partial charge is 0.450 e. The summed E-state index contributed by atoms with van der Waals surface area (Å²) in [7, 11) is 6.03. The molecule has 188 valence electrons. The Balaban J connectivity index is 1.77. The Morgan fingerprint density at radius 1 is 0.778 bits per heavy atom. The van der Waals surface area contributed by atoms with Crippen LogP contribution in [0.5, 0.6) is 0 Å². The Kier molecular flexibility index (Phi) is 7.68. The monoisotopic (exact) mass is 483 g/mol. The third kappa shape index (κ3) is 5.11. The van der Waals surface area contributed by atoms with E-state index in [2.05, 4.69) is 92.2 Å². The van der Waals surface area contributed by atoms with Gasteiger partial charge in [-0.2, -0.15) is 0 Å². The minimum absolute atomic E-state index is 0.272. The van der Waals surface area contributed by atoms with Crippen LogP contribution in [0.15, 0.2) is 72.8 Å². The molecule has 4 rings (SSSR count). The van der Waals surface area contributed by atoms with Crippen molar-refractivity contribution in [3.63, 3.8) is 0 Å². The van der Waals surface area contributed by atoms with Crippen LogP contribution in [0, 0.1) is 0 Å². The summed E-state index contributed by atoms with van der Waals surface area (Å²) >= 11 is 0. The Morgan fingerprint density at radius 2 is 1.33 bits per heavy atom. The Labute approximate surface area is 215 Å². The molecule has 0 saturated carbocycles. The SMILES string of the molecule is CCN(C)c1ccc(C(=CC2OC(=O)c3cc(N(C)C)ccc32)c2ccc(N(CC)CC)cc2)cc1. The fraction of sp³-hybridized carbons (Fsp3) is 0.323. The van der Waals surface area contributed by atoms with E-state index >= 15 is 0 Å². The van der Waals surface area contributed by atoms with Gasteiger partial charge in [-0.3, -0.25) is 0 Å². The summed E-state index contributed by atoms with van der Waals surface area (Å²) < 4.78 is 5.87. The van der Waals surface area contributed by atoms with E-state index in [0.717, 1.165) is 47.6 Å². The molecule has 0 saturated heterocycles. The Hall–Kier alpha value is -3.73. The summed E-state index contributed by atoms with van der Waals surface area (Å²) in [6.07, 6.45) is 1.66. The molecule has 1 atom stereocenters. The molecule has 0 spiro atoms. The van der Waals surface area contributed by atoms with E-state index in [0.29, 0.717) is 5.56 Å². The van der Waals surface area contributed by atoms with Crippen molar-refractivity contribution >= 4 is 28.6 Å². The van der Waals surface area contributed by atoms with Gasteiger partial charge in [0.05, 0.1) is 5.56 Å². The van der Waals surface area contributed by atoms with Gasteiger partial charge in [0.15, 0.2) is 0 Å². The molecule has 5 nitrogen and oxygen atoms in total. The molecule has 1 heterocycles. The lowest BCUT2D eigenvalue weighted by molar-refractivity contribution is 0.0468. The van der Waals surface area contributed by atoms with E-state index in [-0.39, 0.29) is 5.97 Å². The first-order chi connectivity index (χ1) is 17.4. The number of fused-ring (bicyclic) bond motifs is 1. The number of ether oxygens (including phenoxy) is 1. The van der Waals surface area contributed by atoms with Crippen molar-refractivity contribution < 1.29 is 9.53 Å². The first-order valence-corrected chi connectivity index (χ1v) is 12.8. The second kappa shape index (κ2) is 10.9. The maximum atomic E-state index is 12.8. The van der Waals surface area contributed by atoms with Gasteiger partial charge in [-0.15, -0.1) is 0 Å². The van der Waals surface area contributed by atoms with Crippen molar-refractivity contribution in [3.8, 4) is 0 Å². The molecule has 0 radical (unpaired) electrons. The van der Waals surface area contributed by atoms with Crippen LogP contribution >= 0.6 is 0 Å².